The predicted molar refractivity (Wildman–Crippen MR) is 54.9 cm³/mol. The molecule has 2 rings (SSSR count). The molecule has 0 spiro atoms. The highest BCUT2D eigenvalue weighted by Crippen LogP contribution is 2.25. The topological polar surface area (TPSA) is 49.4 Å². The Labute approximate surface area is 86.6 Å². The van der Waals surface area contributed by atoms with Gasteiger partial charge in [-0.05, 0) is 18.8 Å². The standard InChI is InChI=1S/C9H16N2O2S/c1-14(13)11-5-4-8-7(6-11)2-3-9(12)10-8/h7-8H,2-6H2,1H3,(H,10,12). The second-order valence-corrected chi connectivity index (χ2v) is 5.44. The van der Waals surface area contributed by atoms with Gasteiger partial charge < -0.3 is 5.32 Å². The molecule has 3 unspecified atom stereocenters. The van der Waals surface area contributed by atoms with E-state index in [1.807, 2.05) is 4.31 Å². The van der Waals surface area contributed by atoms with E-state index in [-0.39, 0.29) is 5.91 Å². The van der Waals surface area contributed by atoms with Gasteiger partial charge in [0.15, 0.2) is 0 Å². The van der Waals surface area contributed by atoms with Gasteiger partial charge in [0.05, 0.1) is 11.0 Å². The van der Waals surface area contributed by atoms with Crippen LogP contribution < -0.4 is 5.32 Å². The summed E-state index contributed by atoms with van der Waals surface area (Å²) >= 11 is 0. The van der Waals surface area contributed by atoms with Crippen LogP contribution in [0.5, 0.6) is 0 Å². The quantitative estimate of drug-likeness (QED) is 0.664. The molecule has 0 aromatic heterocycles. The molecule has 2 heterocycles. The molecule has 5 heteroatoms. The van der Waals surface area contributed by atoms with Crippen LogP contribution in [0.15, 0.2) is 0 Å². The van der Waals surface area contributed by atoms with Crippen molar-refractivity contribution in [1.29, 1.82) is 0 Å². The number of rotatable bonds is 1. The summed E-state index contributed by atoms with van der Waals surface area (Å²) in [6.07, 6.45) is 4.24. The summed E-state index contributed by atoms with van der Waals surface area (Å²) in [5, 5.41) is 3.01. The van der Waals surface area contributed by atoms with Crippen molar-refractivity contribution in [2.75, 3.05) is 19.3 Å². The number of hydrogen-bond donors (Lipinski definition) is 1. The summed E-state index contributed by atoms with van der Waals surface area (Å²) in [5.74, 6) is 0.683. The van der Waals surface area contributed by atoms with Crippen molar-refractivity contribution >= 4 is 16.9 Å². The lowest BCUT2D eigenvalue weighted by molar-refractivity contribution is -0.124. The lowest BCUT2D eigenvalue weighted by atomic mass is 9.86. The number of carbonyl (C=O) groups excluding carboxylic acids is 1. The highest BCUT2D eigenvalue weighted by Gasteiger charge is 2.34. The molecule has 1 N–H and O–H groups in total. The van der Waals surface area contributed by atoms with Crippen LogP contribution in [0.4, 0.5) is 0 Å². The first kappa shape index (κ1) is 10.1. The van der Waals surface area contributed by atoms with Gasteiger partial charge in [-0.3, -0.25) is 4.79 Å². The third kappa shape index (κ3) is 1.98. The van der Waals surface area contributed by atoms with Gasteiger partial charge >= 0.3 is 0 Å². The molecule has 0 aromatic rings. The van der Waals surface area contributed by atoms with Crippen LogP contribution in [0.25, 0.3) is 0 Å². The fourth-order valence-corrected chi connectivity index (χ4v) is 3.07. The number of hydrogen-bond acceptors (Lipinski definition) is 2. The van der Waals surface area contributed by atoms with Crippen molar-refractivity contribution < 1.29 is 9.00 Å². The van der Waals surface area contributed by atoms with E-state index >= 15 is 0 Å². The molecular weight excluding hydrogens is 200 g/mol. The van der Waals surface area contributed by atoms with Crippen molar-refractivity contribution in [1.82, 2.24) is 9.62 Å². The molecule has 2 saturated heterocycles. The molecule has 0 radical (unpaired) electrons. The average molecular weight is 216 g/mol. The van der Waals surface area contributed by atoms with E-state index in [0.717, 1.165) is 25.9 Å². The number of nitrogens with one attached hydrogen (secondary N) is 1. The fraction of sp³-hybridized carbons (Fsp3) is 0.889. The largest absolute Gasteiger partial charge is 0.353 e. The molecule has 0 aliphatic carbocycles. The van der Waals surface area contributed by atoms with Gasteiger partial charge in [-0.15, -0.1) is 0 Å². The zero-order valence-electron chi connectivity index (χ0n) is 8.36. The van der Waals surface area contributed by atoms with Crippen molar-refractivity contribution in [3.05, 3.63) is 0 Å². The molecule has 2 aliphatic rings. The minimum atomic E-state index is -0.855. The fourth-order valence-electron chi connectivity index (χ4n) is 2.31. The van der Waals surface area contributed by atoms with Crippen LogP contribution in [0.3, 0.4) is 0 Å². The molecule has 0 saturated carbocycles. The van der Waals surface area contributed by atoms with Crippen LogP contribution in [0, 0.1) is 5.92 Å². The van der Waals surface area contributed by atoms with Crippen LogP contribution in [0.1, 0.15) is 19.3 Å². The summed E-state index contributed by atoms with van der Waals surface area (Å²) < 4.78 is 13.3. The van der Waals surface area contributed by atoms with Gasteiger partial charge in [-0.2, -0.15) is 0 Å². The van der Waals surface area contributed by atoms with Crippen molar-refractivity contribution in [2.24, 2.45) is 5.92 Å². The number of amides is 1. The monoisotopic (exact) mass is 216 g/mol. The zero-order chi connectivity index (χ0) is 10.1. The summed E-state index contributed by atoms with van der Waals surface area (Å²) in [7, 11) is -0.855. The zero-order valence-corrected chi connectivity index (χ0v) is 9.18. The Morgan fingerprint density at radius 1 is 1.50 bits per heavy atom. The van der Waals surface area contributed by atoms with Crippen LogP contribution in [0.2, 0.25) is 0 Å². The maximum absolute atomic E-state index is 11.3. The average Bonchev–Trinajstić information content (AvgIpc) is 2.16. The van der Waals surface area contributed by atoms with Gasteiger partial charge in [0.1, 0.15) is 0 Å². The second-order valence-electron chi connectivity index (χ2n) is 4.07. The van der Waals surface area contributed by atoms with Crippen LogP contribution >= 0.6 is 0 Å². The Balaban J connectivity index is 1.98. The first-order chi connectivity index (χ1) is 6.66. The number of carbonyl (C=O) groups is 1. The number of piperidine rings is 2. The maximum atomic E-state index is 11.3. The van der Waals surface area contributed by atoms with E-state index in [2.05, 4.69) is 5.32 Å². The van der Waals surface area contributed by atoms with Gasteiger partial charge in [-0.25, -0.2) is 8.51 Å². The van der Waals surface area contributed by atoms with E-state index < -0.39 is 11.0 Å². The van der Waals surface area contributed by atoms with Crippen LogP contribution in [-0.4, -0.2) is 39.8 Å². The number of nitrogens with zero attached hydrogens (tertiary/aromatic N) is 1. The normalized spacial score (nSPS) is 35.9. The molecule has 4 nitrogen and oxygen atoms in total. The van der Waals surface area contributed by atoms with Gasteiger partial charge in [-0.1, -0.05) is 0 Å². The third-order valence-electron chi connectivity index (χ3n) is 3.15. The van der Waals surface area contributed by atoms with Gasteiger partial charge in [0.25, 0.3) is 0 Å². The molecule has 2 fully saturated rings. The molecule has 14 heavy (non-hydrogen) atoms. The summed E-state index contributed by atoms with van der Waals surface area (Å²) in [6, 6.07) is 0.330. The lowest BCUT2D eigenvalue weighted by Crippen LogP contribution is -2.54. The molecule has 0 bridgehead atoms. The Hall–Kier alpha value is -0.420. The molecule has 2 aliphatic heterocycles. The second kappa shape index (κ2) is 3.98. The predicted octanol–water partition coefficient (Wildman–Crippen LogP) is -0.120. The summed E-state index contributed by atoms with van der Waals surface area (Å²) in [5.41, 5.74) is 0. The molecule has 80 valence electrons. The highest BCUT2D eigenvalue weighted by atomic mass is 32.2. The van der Waals surface area contributed by atoms with Gasteiger partial charge in [0, 0.05) is 31.8 Å². The number of fused-ring (bicyclic) bond motifs is 1. The first-order valence-corrected chi connectivity index (χ1v) is 6.56. The van der Waals surface area contributed by atoms with E-state index in [9.17, 15) is 9.00 Å². The highest BCUT2D eigenvalue weighted by molar-refractivity contribution is 7.81. The van der Waals surface area contributed by atoms with Gasteiger partial charge in [0.2, 0.25) is 5.91 Å². The Bertz CT molecular complexity index is 270. The minimum Gasteiger partial charge on any atom is -0.353 e. The van der Waals surface area contributed by atoms with Crippen molar-refractivity contribution in [3.8, 4) is 0 Å². The minimum absolute atomic E-state index is 0.178. The van der Waals surface area contributed by atoms with E-state index in [1.54, 1.807) is 6.26 Å². The van der Waals surface area contributed by atoms with Crippen LogP contribution in [-0.2, 0) is 15.8 Å². The lowest BCUT2D eigenvalue weighted by Gasteiger charge is -2.40. The maximum Gasteiger partial charge on any atom is 0.220 e. The molecule has 0 aromatic carbocycles. The Kier molecular flexibility index (Phi) is 2.88. The Morgan fingerprint density at radius 3 is 3.00 bits per heavy atom. The van der Waals surface area contributed by atoms with Crippen molar-refractivity contribution in [3.63, 3.8) is 0 Å². The molecular formula is C9H16N2O2S. The Morgan fingerprint density at radius 2 is 2.29 bits per heavy atom. The summed E-state index contributed by atoms with van der Waals surface area (Å²) in [6.45, 7) is 1.71. The molecule has 3 atom stereocenters. The SMILES string of the molecule is CS(=O)N1CCC2NC(=O)CCC2C1. The summed E-state index contributed by atoms with van der Waals surface area (Å²) in [4.78, 5) is 11.1. The first-order valence-electron chi connectivity index (χ1n) is 5.04. The van der Waals surface area contributed by atoms with E-state index in [1.165, 1.54) is 0 Å². The molecule has 1 amide bonds. The van der Waals surface area contributed by atoms with E-state index in [4.69, 9.17) is 0 Å². The third-order valence-corrected chi connectivity index (χ3v) is 4.21. The van der Waals surface area contributed by atoms with E-state index in [0.29, 0.717) is 18.4 Å². The smallest absolute Gasteiger partial charge is 0.220 e. The van der Waals surface area contributed by atoms with Crippen molar-refractivity contribution in [2.45, 2.75) is 25.3 Å².